The molecule has 182 valence electrons. The smallest absolute Gasteiger partial charge is 0.300 e. The molecule has 2 N–H and O–H groups in total. The summed E-state index contributed by atoms with van der Waals surface area (Å²) in [7, 11) is 1.60. The number of para-hydroxylation sites is 2. The van der Waals surface area contributed by atoms with Crippen LogP contribution in [0.1, 0.15) is 48.1 Å². The Bertz CT molecular complexity index is 1530. The number of methoxy groups -OCH3 is 1. The maximum Gasteiger partial charge on any atom is 0.300 e. The van der Waals surface area contributed by atoms with E-state index in [0.29, 0.717) is 17.0 Å². The first-order chi connectivity index (χ1) is 17.3. The number of ketones is 1. The lowest BCUT2D eigenvalue weighted by Gasteiger charge is -2.26. The fourth-order valence-electron chi connectivity index (χ4n) is 5.02. The van der Waals surface area contributed by atoms with Gasteiger partial charge in [0.2, 0.25) is 0 Å². The van der Waals surface area contributed by atoms with Crippen molar-refractivity contribution in [2.45, 2.75) is 32.7 Å². The van der Waals surface area contributed by atoms with E-state index in [1.54, 1.807) is 19.2 Å². The van der Waals surface area contributed by atoms with Gasteiger partial charge in [0.05, 0.1) is 18.7 Å². The lowest BCUT2D eigenvalue weighted by Crippen LogP contribution is -2.30. The number of rotatable bonds is 5. The molecule has 6 nitrogen and oxygen atoms in total. The number of aryl methyl sites for hydroxylation is 1. The van der Waals surface area contributed by atoms with Crippen LogP contribution in [0.4, 0.5) is 5.69 Å². The van der Waals surface area contributed by atoms with E-state index in [9.17, 15) is 14.7 Å². The lowest BCUT2D eigenvalue weighted by molar-refractivity contribution is -0.132. The number of aromatic nitrogens is 1. The largest absolute Gasteiger partial charge is 0.507 e. The molecule has 0 bridgehead atoms. The van der Waals surface area contributed by atoms with Crippen LogP contribution in [0.5, 0.6) is 5.75 Å². The molecular formula is C30H28N2O4. The standard InChI is InChI=1S/C30H28N2O4/c1-17(2)21-15-19(13-14-25(21)36-4)28(33)26-27(22-16-31-23-11-7-6-10-20(22)23)32(30(35)29(26)34)24-12-8-5-9-18(24)3/h5-17,27,31,33H,1-4H3/b28-26+. The van der Waals surface area contributed by atoms with Crippen LogP contribution < -0.4 is 9.64 Å². The number of carbonyl (C=O) groups is 2. The van der Waals surface area contributed by atoms with E-state index in [2.05, 4.69) is 4.98 Å². The molecule has 36 heavy (non-hydrogen) atoms. The van der Waals surface area contributed by atoms with Gasteiger partial charge in [0.25, 0.3) is 11.7 Å². The third-order valence-corrected chi connectivity index (χ3v) is 6.86. The van der Waals surface area contributed by atoms with Crippen molar-refractivity contribution in [3.05, 3.63) is 101 Å². The number of fused-ring (bicyclic) bond motifs is 1. The summed E-state index contributed by atoms with van der Waals surface area (Å²) in [4.78, 5) is 31.8. The van der Waals surface area contributed by atoms with E-state index < -0.39 is 17.7 Å². The third-order valence-electron chi connectivity index (χ3n) is 6.86. The first kappa shape index (κ1) is 23.4. The number of benzene rings is 3. The van der Waals surface area contributed by atoms with Crippen molar-refractivity contribution in [2.75, 3.05) is 12.0 Å². The van der Waals surface area contributed by atoms with E-state index >= 15 is 0 Å². The number of carbonyl (C=O) groups excluding carboxylic acids is 2. The maximum atomic E-state index is 13.6. The summed E-state index contributed by atoms with van der Waals surface area (Å²) in [6.07, 6.45) is 1.81. The first-order valence-electron chi connectivity index (χ1n) is 11.9. The van der Waals surface area contributed by atoms with Crippen LogP contribution in [0.25, 0.3) is 16.7 Å². The Labute approximate surface area is 209 Å². The molecule has 4 aromatic rings. The van der Waals surface area contributed by atoms with E-state index in [1.165, 1.54) is 4.90 Å². The van der Waals surface area contributed by atoms with Crippen molar-refractivity contribution in [2.24, 2.45) is 0 Å². The van der Waals surface area contributed by atoms with Gasteiger partial charge in [-0.05, 0) is 54.3 Å². The molecule has 0 spiro atoms. The van der Waals surface area contributed by atoms with Crippen molar-refractivity contribution in [3.63, 3.8) is 0 Å². The molecule has 0 aliphatic carbocycles. The fourth-order valence-corrected chi connectivity index (χ4v) is 5.02. The number of Topliss-reactive ketones (excluding diaryl/α,β-unsaturated/α-hetero) is 1. The number of ether oxygens (including phenoxy) is 1. The van der Waals surface area contributed by atoms with Crippen molar-refractivity contribution in [1.29, 1.82) is 0 Å². The number of hydrogen-bond donors (Lipinski definition) is 2. The molecule has 1 aliphatic heterocycles. The summed E-state index contributed by atoms with van der Waals surface area (Å²) in [5.74, 6) is -0.752. The van der Waals surface area contributed by atoms with E-state index in [4.69, 9.17) is 4.74 Å². The number of amides is 1. The Morgan fingerprint density at radius 2 is 1.75 bits per heavy atom. The Morgan fingerprint density at radius 1 is 1.03 bits per heavy atom. The Morgan fingerprint density at radius 3 is 2.47 bits per heavy atom. The maximum absolute atomic E-state index is 13.6. The monoisotopic (exact) mass is 480 g/mol. The zero-order valence-corrected chi connectivity index (χ0v) is 20.7. The van der Waals surface area contributed by atoms with Crippen LogP contribution in [0.3, 0.4) is 0 Å². The topological polar surface area (TPSA) is 82.6 Å². The molecule has 1 aliphatic rings. The minimum Gasteiger partial charge on any atom is -0.507 e. The van der Waals surface area contributed by atoms with Crippen LogP contribution in [0, 0.1) is 6.92 Å². The lowest BCUT2D eigenvalue weighted by atomic mass is 9.92. The summed E-state index contributed by atoms with van der Waals surface area (Å²) in [6.45, 7) is 5.97. The highest BCUT2D eigenvalue weighted by Gasteiger charge is 2.48. The van der Waals surface area contributed by atoms with Gasteiger partial charge in [-0.3, -0.25) is 14.5 Å². The zero-order valence-electron chi connectivity index (χ0n) is 20.7. The molecule has 0 radical (unpaired) electrons. The second-order valence-electron chi connectivity index (χ2n) is 9.36. The minimum absolute atomic E-state index is 0.0629. The van der Waals surface area contributed by atoms with Crippen LogP contribution in [0.15, 0.2) is 78.5 Å². The molecule has 1 saturated heterocycles. The summed E-state index contributed by atoms with van der Waals surface area (Å²) < 4.78 is 5.49. The number of anilines is 1. The highest BCUT2D eigenvalue weighted by Crippen LogP contribution is 2.45. The number of nitrogens with zero attached hydrogens (tertiary/aromatic N) is 1. The Kier molecular flexibility index (Phi) is 5.88. The van der Waals surface area contributed by atoms with Crippen LogP contribution in [-0.2, 0) is 9.59 Å². The Balaban J connectivity index is 1.78. The number of aliphatic hydroxyl groups excluding tert-OH is 1. The van der Waals surface area contributed by atoms with Gasteiger partial charge in [0, 0.05) is 33.9 Å². The van der Waals surface area contributed by atoms with Gasteiger partial charge in [-0.15, -0.1) is 0 Å². The molecule has 2 heterocycles. The predicted molar refractivity (Wildman–Crippen MR) is 141 cm³/mol. The second-order valence-corrected chi connectivity index (χ2v) is 9.36. The van der Waals surface area contributed by atoms with Crippen LogP contribution in [0.2, 0.25) is 0 Å². The molecule has 1 fully saturated rings. The number of aromatic amines is 1. The molecular weight excluding hydrogens is 452 g/mol. The molecule has 3 aromatic carbocycles. The fraction of sp³-hybridized carbons (Fsp3) is 0.200. The van der Waals surface area contributed by atoms with E-state index in [1.807, 2.05) is 81.6 Å². The quantitative estimate of drug-likeness (QED) is 0.201. The average molecular weight is 481 g/mol. The van der Waals surface area contributed by atoms with Crippen LogP contribution in [-0.4, -0.2) is 28.9 Å². The predicted octanol–water partition coefficient (Wildman–Crippen LogP) is 6.23. The average Bonchev–Trinajstić information content (AvgIpc) is 3.42. The van der Waals surface area contributed by atoms with Gasteiger partial charge in [0.15, 0.2) is 0 Å². The van der Waals surface area contributed by atoms with Crippen molar-refractivity contribution >= 4 is 34.0 Å². The number of H-pyrrole nitrogens is 1. The van der Waals surface area contributed by atoms with Gasteiger partial charge in [0.1, 0.15) is 11.5 Å². The van der Waals surface area contributed by atoms with Crippen LogP contribution >= 0.6 is 0 Å². The van der Waals surface area contributed by atoms with E-state index in [-0.39, 0.29) is 17.3 Å². The summed E-state index contributed by atoms with van der Waals surface area (Å²) in [5, 5.41) is 12.5. The van der Waals surface area contributed by atoms with Gasteiger partial charge in [-0.2, -0.15) is 0 Å². The molecule has 1 atom stereocenters. The third kappa shape index (κ3) is 3.66. The highest BCUT2D eigenvalue weighted by atomic mass is 16.5. The molecule has 5 rings (SSSR count). The normalized spacial score (nSPS) is 17.4. The molecule has 1 unspecified atom stereocenters. The number of aliphatic hydroxyl groups is 1. The SMILES string of the molecule is COc1ccc(/C(O)=C2\C(=O)C(=O)N(c3ccccc3C)C2c2c[nH]c3ccccc23)cc1C(C)C. The van der Waals surface area contributed by atoms with Gasteiger partial charge >= 0.3 is 0 Å². The second kappa shape index (κ2) is 9.04. The minimum atomic E-state index is -0.799. The molecule has 6 heteroatoms. The summed E-state index contributed by atoms with van der Waals surface area (Å²) in [6, 6.07) is 19.7. The first-order valence-corrected chi connectivity index (χ1v) is 11.9. The van der Waals surface area contributed by atoms with Crippen molar-refractivity contribution in [3.8, 4) is 5.75 Å². The summed E-state index contributed by atoms with van der Waals surface area (Å²) >= 11 is 0. The van der Waals surface area contributed by atoms with Crippen molar-refractivity contribution in [1.82, 2.24) is 4.98 Å². The van der Waals surface area contributed by atoms with Gasteiger partial charge in [-0.25, -0.2) is 0 Å². The van der Waals surface area contributed by atoms with E-state index in [0.717, 1.165) is 27.6 Å². The zero-order chi connectivity index (χ0) is 25.6. The Hall–Kier alpha value is -4.32. The van der Waals surface area contributed by atoms with Gasteiger partial charge in [-0.1, -0.05) is 50.2 Å². The number of hydrogen-bond acceptors (Lipinski definition) is 4. The molecule has 1 amide bonds. The van der Waals surface area contributed by atoms with Gasteiger partial charge < -0.3 is 14.8 Å². The molecule has 1 aromatic heterocycles. The summed E-state index contributed by atoms with van der Waals surface area (Å²) in [5.41, 5.74) is 4.54. The van der Waals surface area contributed by atoms with Crippen molar-refractivity contribution < 1.29 is 19.4 Å². The number of nitrogens with one attached hydrogen (secondary N) is 1. The highest BCUT2D eigenvalue weighted by molar-refractivity contribution is 6.52. The molecule has 0 saturated carbocycles.